The SMILES string of the molecule is Cc1ccccc1/C=C/C(=O)NCCCC(C)C(=O)O. The molecule has 0 bridgehead atoms. The Morgan fingerprint density at radius 3 is 2.70 bits per heavy atom. The highest BCUT2D eigenvalue weighted by molar-refractivity contribution is 5.91. The van der Waals surface area contributed by atoms with Gasteiger partial charge in [0.2, 0.25) is 5.91 Å². The lowest BCUT2D eigenvalue weighted by atomic mass is 10.1. The van der Waals surface area contributed by atoms with Crippen LogP contribution < -0.4 is 5.32 Å². The summed E-state index contributed by atoms with van der Waals surface area (Å²) in [5, 5.41) is 11.5. The molecule has 108 valence electrons. The average molecular weight is 275 g/mol. The van der Waals surface area contributed by atoms with Crippen LogP contribution in [0.2, 0.25) is 0 Å². The van der Waals surface area contributed by atoms with E-state index >= 15 is 0 Å². The van der Waals surface area contributed by atoms with Gasteiger partial charge in [0.05, 0.1) is 5.92 Å². The molecule has 0 saturated carbocycles. The van der Waals surface area contributed by atoms with E-state index in [1.54, 1.807) is 13.0 Å². The van der Waals surface area contributed by atoms with Gasteiger partial charge in [0, 0.05) is 12.6 Å². The molecule has 0 heterocycles. The van der Waals surface area contributed by atoms with Gasteiger partial charge in [-0.15, -0.1) is 0 Å². The molecule has 0 radical (unpaired) electrons. The molecule has 0 saturated heterocycles. The first-order valence-corrected chi connectivity index (χ1v) is 6.75. The van der Waals surface area contributed by atoms with E-state index in [0.29, 0.717) is 19.4 Å². The third kappa shape index (κ3) is 5.69. The first kappa shape index (κ1) is 16.0. The molecule has 2 N–H and O–H groups in total. The summed E-state index contributed by atoms with van der Waals surface area (Å²) in [6, 6.07) is 7.83. The lowest BCUT2D eigenvalue weighted by molar-refractivity contribution is -0.141. The summed E-state index contributed by atoms with van der Waals surface area (Å²) in [5.41, 5.74) is 2.13. The van der Waals surface area contributed by atoms with E-state index in [1.165, 1.54) is 6.08 Å². The minimum Gasteiger partial charge on any atom is -0.481 e. The van der Waals surface area contributed by atoms with Crippen LogP contribution in [0.25, 0.3) is 6.08 Å². The highest BCUT2D eigenvalue weighted by atomic mass is 16.4. The third-order valence-electron chi connectivity index (χ3n) is 3.14. The van der Waals surface area contributed by atoms with Crippen LogP contribution in [0.15, 0.2) is 30.3 Å². The van der Waals surface area contributed by atoms with Crippen molar-refractivity contribution in [1.29, 1.82) is 0 Å². The van der Waals surface area contributed by atoms with Gasteiger partial charge >= 0.3 is 5.97 Å². The number of rotatable bonds is 7. The zero-order valence-electron chi connectivity index (χ0n) is 11.9. The first-order chi connectivity index (χ1) is 9.50. The Hall–Kier alpha value is -2.10. The zero-order valence-corrected chi connectivity index (χ0v) is 11.9. The van der Waals surface area contributed by atoms with Crippen LogP contribution >= 0.6 is 0 Å². The molecule has 0 aliphatic rings. The first-order valence-electron chi connectivity index (χ1n) is 6.75. The third-order valence-corrected chi connectivity index (χ3v) is 3.14. The Labute approximate surface area is 119 Å². The highest BCUT2D eigenvalue weighted by Crippen LogP contribution is 2.08. The number of aliphatic carboxylic acids is 1. The van der Waals surface area contributed by atoms with Gasteiger partial charge < -0.3 is 10.4 Å². The summed E-state index contributed by atoms with van der Waals surface area (Å²) in [4.78, 5) is 22.2. The molecule has 0 aliphatic carbocycles. The van der Waals surface area contributed by atoms with E-state index < -0.39 is 5.97 Å². The lowest BCUT2D eigenvalue weighted by Gasteiger charge is -2.06. The van der Waals surface area contributed by atoms with Crippen molar-refractivity contribution >= 4 is 18.0 Å². The predicted octanol–water partition coefficient (Wildman–Crippen LogP) is 2.63. The van der Waals surface area contributed by atoms with E-state index in [0.717, 1.165) is 11.1 Å². The summed E-state index contributed by atoms with van der Waals surface area (Å²) in [7, 11) is 0. The number of benzene rings is 1. The molecule has 1 aromatic carbocycles. The summed E-state index contributed by atoms with van der Waals surface area (Å²) < 4.78 is 0. The summed E-state index contributed by atoms with van der Waals surface area (Å²) in [5.74, 6) is -1.32. The maximum absolute atomic E-state index is 11.6. The Morgan fingerprint density at radius 1 is 1.35 bits per heavy atom. The molecule has 1 amide bonds. The topological polar surface area (TPSA) is 66.4 Å². The van der Waals surface area contributed by atoms with Crippen LogP contribution in [0.4, 0.5) is 0 Å². The van der Waals surface area contributed by atoms with Gasteiger partial charge in [0.1, 0.15) is 0 Å². The van der Waals surface area contributed by atoms with Gasteiger partial charge in [-0.2, -0.15) is 0 Å². The van der Waals surface area contributed by atoms with Crippen molar-refractivity contribution in [3.63, 3.8) is 0 Å². The van der Waals surface area contributed by atoms with E-state index in [2.05, 4.69) is 5.32 Å². The smallest absolute Gasteiger partial charge is 0.306 e. The van der Waals surface area contributed by atoms with Gasteiger partial charge in [-0.05, 0) is 37.0 Å². The Morgan fingerprint density at radius 2 is 2.05 bits per heavy atom. The van der Waals surface area contributed by atoms with Crippen molar-refractivity contribution in [2.75, 3.05) is 6.54 Å². The number of hydrogen-bond donors (Lipinski definition) is 2. The van der Waals surface area contributed by atoms with Gasteiger partial charge in [-0.1, -0.05) is 31.2 Å². The lowest BCUT2D eigenvalue weighted by Crippen LogP contribution is -2.23. The fraction of sp³-hybridized carbons (Fsp3) is 0.375. The van der Waals surface area contributed by atoms with Crippen molar-refractivity contribution in [2.24, 2.45) is 5.92 Å². The second kappa shape index (κ2) is 8.15. The number of carbonyl (C=O) groups excluding carboxylic acids is 1. The number of carbonyl (C=O) groups is 2. The number of amides is 1. The second-order valence-corrected chi connectivity index (χ2v) is 4.86. The second-order valence-electron chi connectivity index (χ2n) is 4.86. The van der Waals surface area contributed by atoms with Gasteiger partial charge in [0.15, 0.2) is 0 Å². The molecule has 1 atom stereocenters. The van der Waals surface area contributed by atoms with E-state index in [4.69, 9.17) is 5.11 Å². The maximum Gasteiger partial charge on any atom is 0.306 e. The summed E-state index contributed by atoms with van der Waals surface area (Å²) in [6.45, 7) is 4.15. The molecule has 1 aromatic rings. The number of nitrogens with one attached hydrogen (secondary N) is 1. The number of hydrogen-bond acceptors (Lipinski definition) is 2. The Kier molecular flexibility index (Phi) is 6.50. The maximum atomic E-state index is 11.6. The van der Waals surface area contributed by atoms with E-state index in [9.17, 15) is 9.59 Å². The number of carboxylic acids is 1. The molecular weight excluding hydrogens is 254 g/mol. The van der Waals surface area contributed by atoms with Crippen molar-refractivity contribution in [2.45, 2.75) is 26.7 Å². The molecule has 1 rings (SSSR count). The van der Waals surface area contributed by atoms with Crippen LogP contribution in [0, 0.1) is 12.8 Å². The van der Waals surface area contributed by atoms with Crippen molar-refractivity contribution < 1.29 is 14.7 Å². The monoisotopic (exact) mass is 275 g/mol. The fourth-order valence-corrected chi connectivity index (χ4v) is 1.74. The number of aryl methyl sites for hydroxylation is 1. The molecule has 0 fully saturated rings. The molecule has 0 spiro atoms. The largest absolute Gasteiger partial charge is 0.481 e. The van der Waals surface area contributed by atoms with E-state index in [1.807, 2.05) is 31.2 Å². The Bertz CT molecular complexity index is 494. The molecule has 0 aromatic heterocycles. The summed E-state index contributed by atoms with van der Waals surface area (Å²) in [6.07, 6.45) is 4.52. The molecular formula is C16H21NO3. The number of carboxylic acid groups (broad SMARTS) is 1. The van der Waals surface area contributed by atoms with Crippen LogP contribution in [0.3, 0.4) is 0 Å². The molecule has 4 nitrogen and oxygen atoms in total. The van der Waals surface area contributed by atoms with Gasteiger partial charge in [-0.3, -0.25) is 9.59 Å². The fourth-order valence-electron chi connectivity index (χ4n) is 1.74. The van der Waals surface area contributed by atoms with Crippen molar-refractivity contribution in [3.05, 3.63) is 41.5 Å². The highest BCUT2D eigenvalue weighted by Gasteiger charge is 2.09. The molecule has 4 heteroatoms. The van der Waals surface area contributed by atoms with Crippen LogP contribution in [-0.4, -0.2) is 23.5 Å². The minimum absolute atomic E-state index is 0.156. The minimum atomic E-state index is -0.796. The van der Waals surface area contributed by atoms with Crippen molar-refractivity contribution in [1.82, 2.24) is 5.32 Å². The van der Waals surface area contributed by atoms with Crippen molar-refractivity contribution in [3.8, 4) is 0 Å². The Balaban J connectivity index is 2.31. The zero-order chi connectivity index (χ0) is 15.0. The van der Waals surface area contributed by atoms with E-state index in [-0.39, 0.29) is 11.8 Å². The van der Waals surface area contributed by atoms with Crippen LogP contribution in [0.5, 0.6) is 0 Å². The molecule has 0 aliphatic heterocycles. The predicted molar refractivity (Wildman–Crippen MR) is 79.3 cm³/mol. The van der Waals surface area contributed by atoms with Gasteiger partial charge in [-0.25, -0.2) is 0 Å². The van der Waals surface area contributed by atoms with Crippen LogP contribution in [-0.2, 0) is 9.59 Å². The molecule has 1 unspecified atom stereocenters. The summed E-state index contributed by atoms with van der Waals surface area (Å²) >= 11 is 0. The van der Waals surface area contributed by atoms with Gasteiger partial charge in [0.25, 0.3) is 0 Å². The standard InChI is InChI=1S/C16H21NO3/c1-12-6-3-4-8-14(12)9-10-15(18)17-11-5-7-13(2)16(19)20/h3-4,6,8-10,13H,5,7,11H2,1-2H3,(H,17,18)(H,19,20)/b10-9+. The molecule has 20 heavy (non-hydrogen) atoms. The van der Waals surface area contributed by atoms with Crippen LogP contribution in [0.1, 0.15) is 30.9 Å². The normalized spacial score (nSPS) is 12.3. The quantitative estimate of drug-likeness (QED) is 0.594. The average Bonchev–Trinajstić information content (AvgIpc) is 2.42.